The zero-order valence-corrected chi connectivity index (χ0v) is 16.1. The maximum atomic E-state index is 12.6. The number of carbonyl (C=O) groups excluding carboxylic acids is 2. The quantitative estimate of drug-likeness (QED) is 0.512. The second-order valence-corrected chi connectivity index (χ2v) is 9.65. The summed E-state index contributed by atoms with van der Waals surface area (Å²) in [7, 11) is 0. The molecule has 3 fully saturated rings. The van der Waals surface area contributed by atoms with Crippen molar-refractivity contribution in [2.24, 2.45) is 34.5 Å². The minimum absolute atomic E-state index is 0.0579. The van der Waals surface area contributed by atoms with Gasteiger partial charge < -0.3 is 4.74 Å². The number of rotatable bonds is 1. The van der Waals surface area contributed by atoms with Gasteiger partial charge in [-0.2, -0.15) is 0 Å². The molecule has 0 heterocycles. The molecule has 0 N–H and O–H groups in total. The van der Waals surface area contributed by atoms with Crippen LogP contribution in [0.1, 0.15) is 72.6 Å². The minimum Gasteiger partial charge on any atom is -0.462 e. The number of ketones is 1. The van der Waals surface area contributed by atoms with Gasteiger partial charge in [0.25, 0.3) is 0 Å². The van der Waals surface area contributed by atoms with Crippen molar-refractivity contribution in [3.05, 3.63) is 11.6 Å². The monoisotopic (exact) mass is 344 g/mol. The van der Waals surface area contributed by atoms with Crippen LogP contribution in [0.4, 0.5) is 0 Å². The van der Waals surface area contributed by atoms with Crippen LogP contribution in [0.25, 0.3) is 0 Å². The predicted octanol–water partition coefficient (Wildman–Crippen LogP) is 4.70. The molecule has 0 spiro atoms. The molecule has 4 aliphatic carbocycles. The van der Waals surface area contributed by atoms with Crippen molar-refractivity contribution in [2.75, 3.05) is 0 Å². The fourth-order valence-electron chi connectivity index (χ4n) is 7.09. The van der Waals surface area contributed by atoms with Crippen molar-refractivity contribution < 1.29 is 14.3 Å². The first-order valence-corrected chi connectivity index (χ1v) is 10.2. The Bertz CT molecular complexity index is 635. The summed E-state index contributed by atoms with van der Waals surface area (Å²) < 4.78 is 5.53. The van der Waals surface area contributed by atoms with E-state index in [1.165, 1.54) is 18.9 Å². The van der Waals surface area contributed by atoms with Crippen molar-refractivity contribution in [1.82, 2.24) is 0 Å². The Balaban J connectivity index is 1.65. The zero-order valence-electron chi connectivity index (χ0n) is 16.1. The van der Waals surface area contributed by atoms with Crippen molar-refractivity contribution >= 4 is 11.8 Å². The average molecular weight is 344 g/mol. The lowest BCUT2D eigenvalue weighted by molar-refractivity contribution is -0.149. The molecule has 0 bridgehead atoms. The Kier molecular flexibility index (Phi) is 3.94. The van der Waals surface area contributed by atoms with Crippen LogP contribution in [0.15, 0.2) is 11.6 Å². The summed E-state index contributed by atoms with van der Waals surface area (Å²) in [5, 5.41) is 0. The van der Waals surface area contributed by atoms with Gasteiger partial charge in [0.2, 0.25) is 0 Å². The van der Waals surface area contributed by atoms with Crippen LogP contribution in [0.5, 0.6) is 0 Å². The zero-order chi connectivity index (χ0) is 18.0. The van der Waals surface area contributed by atoms with Crippen LogP contribution in [-0.4, -0.2) is 17.9 Å². The van der Waals surface area contributed by atoms with Crippen molar-refractivity contribution in [1.29, 1.82) is 0 Å². The molecule has 4 aliphatic rings. The standard InChI is InChI=1S/C22H32O3/c1-13-11-15-12-16(25-14(2)23)7-9-21(15,3)18-8-10-22(4)17(20(13)18)5-6-19(22)24/h11,13,16-18,20H,5-10,12H2,1-4H3. The molecule has 0 amide bonds. The molecule has 7 atom stereocenters. The van der Waals surface area contributed by atoms with E-state index in [9.17, 15) is 9.59 Å². The molecule has 3 saturated carbocycles. The summed E-state index contributed by atoms with van der Waals surface area (Å²) >= 11 is 0. The number of ether oxygens (including phenoxy) is 1. The first-order chi connectivity index (χ1) is 11.8. The van der Waals surface area contributed by atoms with Gasteiger partial charge in [-0.1, -0.05) is 32.4 Å². The van der Waals surface area contributed by atoms with Crippen LogP contribution >= 0.6 is 0 Å². The lowest BCUT2D eigenvalue weighted by atomic mass is 9.46. The number of allylic oxidation sites excluding steroid dienone is 1. The van der Waals surface area contributed by atoms with E-state index < -0.39 is 0 Å². The van der Waals surface area contributed by atoms with Crippen molar-refractivity contribution in [3.8, 4) is 0 Å². The third-order valence-corrected chi connectivity index (χ3v) is 8.43. The van der Waals surface area contributed by atoms with E-state index >= 15 is 0 Å². The summed E-state index contributed by atoms with van der Waals surface area (Å²) in [5.74, 6) is 2.78. The smallest absolute Gasteiger partial charge is 0.302 e. The molecule has 0 aromatic carbocycles. The third-order valence-electron chi connectivity index (χ3n) is 8.43. The Labute approximate surface area is 151 Å². The number of esters is 1. The lowest BCUT2D eigenvalue weighted by Crippen LogP contribution is -2.52. The molecular weight excluding hydrogens is 312 g/mol. The third kappa shape index (κ3) is 2.44. The van der Waals surface area contributed by atoms with Gasteiger partial charge in [-0.25, -0.2) is 0 Å². The van der Waals surface area contributed by atoms with E-state index in [1.807, 2.05) is 0 Å². The first-order valence-electron chi connectivity index (χ1n) is 10.2. The predicted molar refractivity (Wildman–Crippen MR) is 96.8 cm³/mol. The maximum Gasteiger partial charge on any atom is 0.302 e. The SMILES string of the molecule is CC(=O)OC1CCC2(C)C(=CC(C)C3C4CCC(=O)C4(C)CCC32)C1. The molecular formula is C22H32O3. The van der Waals surface area contributed by atoms with E-state index in [4.69, 9.17) is 4.74 Å². The highest BCUT2D eigenvalue weighted by atomic mass is 16.5. The summed E-state index contributed by atoms with van der Waals surface area (Å²) in [4.78, 5) is 23.9. The summed E-state index contributed by atoms with van der Waals surface area (Å²) in [6.07, 6.45) is 9.68. The van der Waals surface area contributed by atoms with Gasteiger partial charge in [-0.3, -0.25) is 9.59 Å². The van der Waals surface area contributed by atoms with Gasteiger partial charge in [0.15, 0.2) is 0 Å². The summed E-state index contributed by atoms with van der Waals surface area (Å²) in [6.45, 7) is 8.57. The second-order valence-electron chi connectivity index (χ2n) is 9.65. The van der Waals surface area contributed by atoms with Crippen molar-refractivity contribution in [3.63, 3.8) is 0 Å². The van der Waals surface area contributed by atoms with E-state index in [-0.39, 0.29) is 22.9 Å². The number of Topliss-reactive ketones (excluding diaryl/α,β-unsaturated/α-hetero) is 1. The number of carbonyl (C=O) groups is 2. The molecule has 0 aromatic heterocycles. The fraction of sp³-hybridized carbons (Fsp3) is 0.818. The fourth-order valence-corrected chi connectivity index (χ4v) is 7.09. The molecule has 0 aliphatic heterocycles. The second kappa shape index (κ2) is 5.69. The molecule has 25 heavy (non-hydrogen) atoms. The normalized spacial score (nSPS) is 48.9. The van der Waals surface area contributed by atoms with Crippen LogP contribution in [-0.2, 0) is 14.3 Å². The average Bonchev–Trinajstić information content (AvgIpc) is 2.84. The molecule has 4 rings (SSSR count). The Hall–Kier alpha value is -1.12. The van der Waals surface area contributed by atoms with Gasteiger partial charge in [-0.15, -0.1) is 0 Å². The Morgan fingerprint density at radius 2 is 1.80 bits per heavy atom. The highest BCUT2D eigenvalue weighted by Gasteiger charge is 2.60. The van der Waals surface area contributed by atoms with E-state index in [1.54, 1.807) is 0 Å². The van der Waals surface area contributed by atoms with E-state index in [0.717, 1.165) is 38.5 Å². The molecule has 0 radical (unpaired) electrons. The summed E-state index contributed by atoms with van der Waals surface area (Å²) in [5.41, 5.74) is 1.69. The summed E-state index contributed by atoms with van der Waals surface area (Å²) in [6, 6.07) is 0. The number of hydrogen-bond donors (Lipinski definition) is 0. The van der Waals surface area contributed by atoms with Crippen LogP contribution in [0.3, 0.4) is 0 Å². The molecule has 3 nitrogen and oxygen atoms in total. The van der Waals surface area contributed by atoms with E-state index in [0.29, 0.717) is 29.5 Å². The van der Waals surface area contributed by atoms with Gasteiger partial charge >= 0.3 is 5.97 Å². The molecule has 138 valence electrons. The van der Waals surface area contributed by atoms with E-state index in [2.05, 4.69) is 26.8 Å². The van der Waals surface area contributed by atoms with Crippen molar-refractivity contribution in [2.45, 2.75) is 78.7 Å². The Morgan fingerprint density at radius 1 is 1.12 bits per heavy atom. The van der Waals surface area contributed by atoms with Gasteiger partial charge in [0, 0.05) is 25.2 Å². The van der Waals surface area contributed by atoms with Gasteiger partial charge in [-0.05, 0) is 61.2 Å². The molecule has 7 unspecified atom stereocenters. The van der Waals surface area contributed by atoms with Gasteiger partial charge in [0.05, 0.1) is 0 Å². The highest BCUT2D eigenvalue weighted by molar-refractivity contribution is 5.87. The lowest BCUT2D eigenvalue weighted by Gasteiger charge is -2.58. The largest absolute Gasteiger partial charge is 0.462 e. The van der Waals surface area contributed by atoms with Crippen LogP contribution in [0, 0.1) is 34.5 Å². The molecule has 3 heteroatoms. The Morgan fingerprint density at radius 3 is 2.52 bits per heavy atom. The van der Waals surface area contributed by atoms with Crippen LogP contribution in [0.2, 0.25) is 0 Å². The van der Waals surface area contributed by atoms with Crippen LogP contribution < -0.4 is 0 Å². The van der Waals surface area contributed by atoms with Gasteiger partial charge in [0.1, 0.15) is 11.9 Å². The maximum absolute atomic E-state index is 12.6. The molecule has 0 saturated heterocycles. The molecule has 0 aromatic rings. The number of fused-ring (bicyclic) bond motifs is 5. The topological polar surface area (TPSA) is 43.4 Å². The highest BCUT2D eigenvalue weighted by Crippen LogP contribution is 2.65. The minimum atomic E-state index is -0.158. The number of hydrogen-bond acceptors (Lipinski definition) is 3. The first kappa shape index (κ1) is 17.3.